The van der Waals surface area contributed by atoms with Gasteiger partial charge in [-0.3, -0.25) is 0 Å². The summed E-state index contributed by atoms with van der Waals surface area (Å²) in [4.78, 5) is 0. The molecular formula is C40H52N2. The summed E-state index contributed by atoms with van der Waals surface area (Å²) in [7, 11) is 0. The molecule has 0 bridgehead atoms. The lowest BCUT2D eigenvalue weighted by molar-refractivity contribution is 0.567. The molecule has 4 aromatic rings. The summed E-state index contributed by atoms with van der Waals surface area (Å²) >= 11 is 0. The average Bonchev–Trinajstić information content (AvgIpc) is 3.02. The highest BCUT2D eigenvalue weighted by Gasteiger charge is 2.13. The van der Waals surface area contributed by atoms with Gasteiger partial charge in [-0.15, -0.1) is 0 Å². The Morgan fingerprint density at radius 3 is 0.929 bits per heavy atom. The molecule has 0 amide bonds. The van der Waals surface area contributed by atoms with Crippen LogP contribution in [0.5, 0.6) is 0 Å². The number of rotatable bonds is 17. The number of aryl methyl sites for hydroxylation is 2. The van der Waals surface area contributed by atoms with Crippen molar-refractivity contribution in [3.05, 3.63) is 130 Å². The van der Waals surface area contributed by atoms with Crippen LogP contribution < -0.4 is 11.5 Å². The van der Waals surface area contributed by atoms with E-state index in [0.717, 1.165) is 24.2 Å². The molecular weight excluding hydrogens is 508 g/mol. The number of hydrogen-bond donors (Lipinski definition) is 2. The van der Waals surface area contributed by atoms with E-state index in [2.05, 4.69) is 86.6 Å². The van der Waals surface area contributed by atoms with Crippen molar-refractivity contribution >= 4 is 11.4 Å². The van der Waals surface area contributed by atoms with Crippen LogP contribution in [0.4, 0.5) is 11.4 Å². The van der Waals surface area contributed by atoms with Gasteiger partial charge in [-0.2, -0.15) is 0 Å². The van der Waals surface area contributed by atoms with Gasteiger partial charge in [0.1, 0.15) is 0 Å². The molecule has 0 heterocycles. The van der Waals surface area contributed by atoms with Crippen LogP contribution >= 0.6 is 0 Å². The monoisotopic (exact) mass is 560 g/mol. The van der Waals surface area contributed by atoms with Crippen molar-refractivity contribution in [2.75, 3.05) is 11.5 Å². The van der Waals surface area contributed by atoms with Gasteiger partial charge in [0.25, 0.3) is 0 Å². The summed E-state index contributed by atoms with van der Waals surface area (Å²) in [5.41, 5.74) is 21.9. The van der Waals surface area contributed by atoms with Gasteiger partial charge in [0, 0.05) is 23.2 Å². The van der Waals surface area contributed by atoms with Crippen LogP contribution in [-0.4, -0.2) is 0 Å². The summed E-state index contributed by atoms with van der Waals surface area (Å²) in [6.07, 6.45) is 15.3. The maximum absolute atomic E-state index is 5.88. The van der Waals surface area contributed by atoms with E-state index >= 15 is 0 Å². The molecule has 0 aliphatic heterocycles. The Bertz CT molecular complexity index is 1180. The van der Waals surface area contributed by atoms with Gasteiger partial charge >= 0.3 is 0 Å². The van der Waals surface area contributed by atoms with Gasteiger partial charge in [-0.1, -0.05) is 125 Å². The van der Waals surface area contributed by atoms with Gasteiger partial charge in [0.05, 0.1) is 0 Å². The molecule has 0 aromatic heterocycles. The van der Waals surface area contributed by atoms with Crippen molar-refractivity contribution in [1.29, 1.82) is 0 Å². The van der Waals surface area contributed by atoms with Crippen LogP contribution in [0.3, 0.4) is 0 Å². The maximum Gasteiger partial charge on any atom is 0.0314 e. The Morgan fingerprint density at radius 2 is 0.643 bits per heavy atom. The van der Waals surface area contributed by atoms with Crippen molar-refractivity contribution < 1.29 is 0 Å². The second kappa shape index (κ2) is 16.8. The largest absolute Gasteiger partial charge is 0.399 e. The fourth-order valence-corrected chi connectivity index (χ4v) is 6.34. The highest BCUT2D eigenvalue weighted by Crippen LogP contribution is 2.30. The average molecular weight is 561 g/mol. The Labute approximate surface area is 255 Å². The fraction of sp³-hybridized carbons (Fsp3) is 0.400. The standard InChI is InChI=1S/C40H52N2/c1-3-39(35-23-27-37(41)28-24-35)33-19-15-31(16-20-33)13-11-9-7-5-6-8-10-12-14-32-17-21-34(22-18-32)40(4-2)36-25-29-38(42)30-26-36/h15-30,39-40H,3-14,41-42H2,1-2H3. The van der Waals surface area contributed by atoms with E-state index in [1.807, 2.05) is 24.3 Å². The third-order valence-electron chi connectivity index (χ3n) is 8.94. The van der Waals surface area contributed by atoms with Crippen LogP contribution in [0, 0.1) is 0 Å². The minimum absolute atomic E-state index is 0.444. The number of nitrogen functional groups attached to an aromatic ring is 2. The van der Waals surface area contributed by atoms with Gasteiger partial charge in [-0.05, 0) is 96.2 Å². The van der Waals surface area contributed by atoms with E-state index in [4.69, 9.17) is 11.5 Å². The molecule has 0 saturated heterocycles. The maximum atomic E-state index is 5.88. The zero-order chi connectivity index (χ0) is 29.6. The molecule has 0 radical (unpaired) electrons. The quantitative estimate of drug-likeness (QED) is 0.0996. The summed E-state index contributed by atoms with van der Waals surface area (Å²) in [5.74, 6) is 0.888. The molecule has 222 valence electrons. The number of nitrogens with two attached hydrogens (primary N) is 2. The summed E-state index contributed by atoms with van der Waals surface area (Å²) < 4.78 is 0. The zero-order valence-corrected chi connectivity index (χ0v) is 26.0. The minimum atomic E-state index is 0.444. The molecule has 4 aromatic carbocycles. The fourth-order valence-electron chi connectivity index (χ4n) is 6.34. The lowest BCUT2D eigenvalue weighted by Gasteiger charge is -2.17. The van der Waals surface area contributed by atoms with Crippen molar-refractivity contribution in [3.63, 3.8) is 0 Å². The topological polar surface area (TPSA) is 52.0 Å². The number of hydrogen-bond acceptors (Lipinski definition) is 2. The molecule has 0 aliphatic carbocycles. The lowest BCUT2D eigenvalue weighted by atomic mass is 9.88. The third-order valence-corrected chi connectivity index (χ3v) is 8.94. The first-order valence-corrected chi connectivity index (χ1v) is 16.5. The van der Waals surface area contributed by atoms with Crippen LogP contribution in [0.15, 0.2) is 97.1 Å². The summed E-state index contributed by atoms with van der Waals surface area (Å²) in [6.45, 7) is 4.53. The molecule has 4 N–H and O–H groups in total. The molecule has 2 nitrogen and oxygen atoms in total. The third kappa shape index (κ3) is 9.51. The van der Waals surface area contributed by atoms with Gasteiger partial charge < -0.3 is 11.5 Å². The molecule has 42 heavy (non-hydrogen) atoms. The smallest absolute Gasteiger partial charge is 0.0314 e. The van der Waals surface area contributed by atoms with E-state index < -0.39 is 0 Å². The highest BCUT2D eigenvalue weighted by atomic mass is 14.5. The number of benzene rings is 4. The number of anilines is 2. The molecule has 2 heteroatoms. The molecule has 4 rings (SSSR count). The highest BCUT2D eigenvalue weighted by molar-refractivity contribution is 5.44. The molecule has 0 fully saturated rings. The van der Waals surface area contributed by atoms with Crippen LogP contribution in [0.2, 0.25) is 0 Å². The van der Waals surface area contributed by atoms with Gasteiger partial charge in [-0.25, -0.2) is 0 Å². The normalized spacial score (nSPS) is 12.7. The van der Waals surface area contributed by atoms with Gasteiger partial charge in [0.15, 0.2) is 0 Å². The van der Waals surface area contributed by atoms with E-state index in [1.165, 1.54) is 97.6 Å². The van der Waals surface area contributed by atoms with E-state index in [9.17, 15) is 0 Å². The Hall–Kier alpha value is -3.52. The number of unbranched alkanes of at least 4 members (excludes halogenated alkanes) is 7. The van der Waals surface area contributed by atoms with Crippen LogP contribution in [-0.2, 0) is 12.8 Å². The second-order valence-electron chi connectivity index (χ2n) is 12.1. The Morgan fingerprint density at radius 1 is 0.381 bits per heavy atom. The molecule has 0 spiro atoms. The predicted molar refractivity (Wildman–Crippen MR) is 183 cm³/mol. The summed E-state index contributed by atoms with van der Waals surface area (Å²) in [5, 5.41) is 0. The second-order valence-corrected chi connectivity index (χ2v) is 12.1. The molecule has 2 unspecified atom stereocenters. The predicted octanol–water partition coefficient (Wildman–Crippen LogP) is 10.8. The molecule has 0 aliphatic rings. The SMILES string of the molecule is CCC(c1ccc(N)cc1)c1ccc(CCCCCCCCCCc2ccc(C(CC)c3ccc(N)cc3)cc2)cc1. The van der Waals surface area contributed by atoms with Crippen molar-refractivity contribution in [2.45, 2.75) is 103 Å². The van der Waals surface area contributed by atoms with E-state index in [-0.39, 0.29) is 0 Å². The summed E-state index contributed by atoms with van der Waals surface area (Å²) in [6, 6.07) is 35.4. The van der Waals surface area contributed by atoms with Crippen molar-refractivity contribution in [1.82, 2.24) is 0 Å². The van der Waals surface area contributed by atoms with Crippen LogP contribution in [0.25, 0.3) is 0 Å². The molecule has 0 saturated carbocycles. The lowest BCUT2D eigenvalue weighted by Crippen LogP contribution is -2.00. The van der Waals surface area contributed by atoms with Crippen molar-refractivity contribution in [3.8, 4) is 0 Å². The van der Waals surface area contributed by atoms with Gasteiger partial charge in [0.2, 0.25) is 0 Å². The first kappa shape index (κ1) is 31.4. The zero-order valence-electron chi connectivity index (χ0n) is 26.0. The van der Waals surface area contributed by atoms with Crippen molar-refractivity contribution in [2.24, 2.45) is 0 Å². The Balaban J connectivity index is 1.06. The van der Waals surface area contributed by atoms with E-state index in [0.29, 0.717) is 11.8 Å². The first-order chi connectivity index (χ1) is 20.6. The Kier molecular flexibility index (Phi) is 12.6. The van der Waals surface area contributed by atoms with E-state index in [1.54, 1.807) is 0 Å². The minimum Gasteiger partial charge on any atom is -0.399 e. The molecule has 2 atom stereocenters. The first-order valence-electron chi connectivity index (χ1n) is 16.5. The van der Waals surface area contributed by atoms with Crippen LogP contribution in [0.1, 0.15) is 123 Å².